The number of hydrogen-bond donors (Lipinski definition) is 2. The molecular formula is C10H21NO2S. The van der Waals surface area contributed by atoms with Crippen LogP contribution in [0.4, 0.5) is 0 Å². The van der Waals surface area contributed by atoms with Crippen molar-refractivity contribution in [3.05, 3.63) is 0 Å². The second kappa shape index (κ2) is 8.53. The molecular weight excluding hydrogens is 198 g/mol. The Balaban J connectivity index is 1.82. The van der Waals surface area contributed by atoms with Gasteiger partial charge < -0.3 is 15.2 Å². The van der Waals surface area contributed by atoms with Crippen molar-refractivity contribution in [2.45, 2.75) is 25.3 Å². The SMILES string of the molecule is OCCOCCCNC1CCCSC1. The van der Waals surface area contributed by atoms with E-state index in [0.717, 1.165) is 19.6 Å². The molecule has 84 valence electrons. The van der Waals surface area contributed by atoms with Gasteiger partial charge in [-0.05, 0) is 31.6 Å². The Bertz CT molecular complexity index is 129. The molecule has 1 rings (SSSR count). The van der Waals surface area contributed by atoms with Gasteiger partial charge in [0.25, 0.3) is 0 Å². The maximum absolute atomic E-state index is 8.48. The molecule has 1 aliphatic rings. The summed E-state index contributed by atoms with van der Waals surface area (Å²) in [7, 11) is 0. The van der Waals surface area contributed by atoms with Gasteiger partial charge in [0.2, 0.25) is 0 Å². The number of hydrogen-bond acceptors (Lipinski definition) is 4. The molecule has 1 fully saturated rings. The van der Waals surface area contributed by atoms with E-state index in [9.17, 15) is 0 Å². The summed E-state index contributed by atoms with van der Waals surface area (Å²) in [5, 5.41) is 12.0. The third kappa shape index (κ3) is 5.86. The molecule has 14 heavy (non-hydrogen) atoms. The lowest BCUT2D eigenvalue weighted by Crippen LogP contribution is -2.34. The number of nitrogens with one attached hydrogen (secondary N) is 1. The molecule has 0 aromatic heterocycles. The van der Waals surface area contributed by atoms with Gasteiger partial charge >= 0.3 is 0 Å². The maximum atomic E-state index is 8.48. The monoisotopic (exact) mass is 219 g/mol. The van der Waals surface area contributed by atoms with E-state index in [1.54, 1.807) is 0 Å². The van der Waals surface area contributed by atoms with Gasteiger partial charge in [0.15, 0.2) is 0 Å². The number of aliphatic hydroxyl groups excluding tert-OH is 1. The lowest BCUT2D eigenvalue weighted by atomic mass is 10.2. The number of aliphatic hydroxyl groups is 1. The molecule has 0 bridgehead atoms. The van der Waals surface area contributed by atoms with Crippen LogP contribution in [0.1, 0.15) is 19.3 Å². The van der Waals surface area contributed by atoms with Crippen molar-refractivity contribution in [2.75, 3.05) is 37.9 Å². The van der Waals surface area contributed by atoms with E-state index in [0.29, 0.717) is 12.6 Å². The van der Waals surface area contributed by atoms with Crippen LogP contribution in [-0.2, 0) is 4.74 Å². The van der Waals surface area contributed by atoms with Crippen LogP contribution < -0.4 is 5.32 Å². The van der Waals surface area contributed by atoms with Gasteiger partial charge in [-0.15, -0.1) is 0 Å². The average Bonchev–Trinajstić information content (AvgIpc) is 2.25. The smallest absolute Gasteiger partial charge is 0.0697 e. The molecule has 0 aromatic rings. The average molecular weight is 219 g/mol. The topological polar surface area (TPSA) is 41.5 Å². The highest BCUT2D eigenvalue weighted by atomic mass is 32.2. The molecule has 1 unspecified atom stereocenters. The second-order valence-electron chi connectivity index (χ2n) is 3.56. The predicted molar refractivity (Wildman–Crippen MR) is 60.9 cm³/mol. The third-order valence-electron chi connectivity index (χ3n) is 2.29. The fourth-order valence-electron chi connectivity index (χ4n) is 1.55. The molecule has 1 aliphatic heterocycles. The van der Waals surface area contributed by atoms with Crippen LogP contribution in [0.15, 0.2) is 0 Å². The quantitative estimate of drug-likeness (QED) is 0.624. The van der Waals surface area contributed by atoms with E-state index in [-0.39, 0.29) is 6.61 Å². The Labute approximate surface area is 90.6 Å². The summed E-state index contributed by atoms with van der Waals surface area (Å²) in [6.07, 6.45) is 3.72. The second-order valence-corrected chi connectivity index (χ2v) is 4.71. The van der Waals surface area contributed by atoms with Crippen LogP contribution >= 0.6 is 11.8 Å². The Hall–Kier alpha value is 0.230. The minimum absolute atomic E-state index is 0.132. The van der Waals surface area contributed by atoms with Crippen LogP contribution in [-0.4, -0.2) is 49.0 Å². The molecule has 0 saturated carbocycles. The first-order chi connectivity index (χ1) is 6.93. The van der Waals surface area contributed by atoms with Gasteiger partial charge in [0.1, 0.15) is 0 Å². The van der Waals surface area contributed by atoms with Crippen molar-refractivity contribution in [1.29, 1.82) is 0 Å². The van der Waals surface area contributed by atoms with E-state index in [1.165, 1.54) is 24.3 Å². The summed E-state index contributed by atoms with van der Waals surface area (Å²) in [5.41, 5.74) is 0. The van der Waals surface area contributed by atoms with Gasteiger partial charge in [0, 0.05) is 18.4 Å². The molecule has 0 aromatic carbocycles. The molecule has 0 aliphatic carbocycles. The van der Waals surface area contributed by atoms with Gasteiger partial charge in [0.05, 0.1) is 13.2 Å². The largest absolute Gasteiger partial charge is 0.394 e. The van der Waals surface area contributed by atoms with Crippen molar-refractivity contribution >= 4 is 11.8 Å². The van der Waals surface area contributed by atoms with Crippen LogP contribution in [0.5, 0.6) is 0 Å². The first-order valence-corrected chi connectivity index (χ1v) is 6.58. The first-order valence-electron chi connectivity index (χ1n) is 5.43. The molecule has 3 nitrogen and oxygen atoms in total. The van der Waals surface area contributed by atoms with E-state index in [2.05, 4.69) is 5.32 Å². The zero-order valence-corrected chi connectivity index (χ0v) is 9.52. The van der Waals surface area contributed by atoms with Gasteiger partial charge in [-0.25, -0.2) is 0 Å². The van der Waals surface area contributed by atoms with E-state index >= 15 is 0 Å². The maximum Gasteiger partial charge on any atom is 0.0697 e. The number of rotatable bonds is 7. The van der Waals surface area contributed by atoms with Gasteiger partial charge in [-0.3, -0.25) is 0 Å². The Kier molecular flexibility index (Phi) is 7.50. The van der Waals surface area contributed by atoms with Crippen LogP contribution in [0.2, 0.25) is 0 Å². The molecule has 1 saturated heterocycles. The number of thioether (sulfide) groups is 1. The van der Waals surface area contributed by atoms with E-state index < -0.39 is 0 Å². The van der Waals surface area contributed by atoms with Crippen molar-refractivity contribution in [3.8, 4) is 0 Å². The summed E-state index contributed by atoms with van der Waals surface area (Å²) < 4.78 is 5.18. The molecule has 1 heterocycles. The molecule has 0 amide bonds. The Morgan fingerprint density at radius 3 is 3.07 bits per heavy atom. The van der Waals surface area contributed by atoms with Gasteiger partial charge in [-0.1, -0.05) is 0 Å². The Morgan fingerprint density at radius 2 is 2.36 bits per heavy atom. The third-order valence-corrected chi connectivity index (χ3v) is 3.51. The Morgan fingerprint density at radius 1 is 1.43 bits per heavy atom. The highest BCUT2D eigenvalue weighted by molar-refractivity contribution is 7.99. The predicted octanol–water partition coefficient (Wildman–Crippen LogP) is 0.871. The molecule has 4 heteroatoms. The summed E-state index contributed by atoms with van der Waals surface area (Å²) in [4.78, 5) is 0. The van der Waals surface area contributed by atoms with Crippen LogP contribution in [0, 0.1) is 0 Å². The normalized spacial score (nSPS) is 22.5. The van der Waals surface area contributed by atoms with Crippen molar-refractivity contribution in [1.82, 2.24) is 5.32 Å². The van der Waals surface area contributed by atoms with E-state index in [1.807, 2.05) is 11.8 Å². The first kappa shape index (κ1) is 12.3. The fourth-order valence-corrected chi connectivity index (χ4v) is 2.66. The highest BCUT2D eigenvalue weighted by Crippen LogP contribution is 2.16. The zero-order chi connectivity index (χ0) is 10.1. The lowest BCUT2D eigenvalue weighted by Gasteiger charge is -2.22. The molecule has 2 N–H and O–H groups in total. The molecule has 0 spiro atoms. The van der Waals surface area contributed by atoms with E-state index in [4.69, 9.17) is 9.84 Å². The molecule has 0 radical (unpaired) electrons. The summed E-state index contributed by atoms with van der Waals surface area (Å²) in [5.74, 6) is 2.59. The van der Waals surface area contributed by atoms with Crippen molar-refractivity contribution in [2.24, 2.45) is 0 Å². The van der Waals surface area contributed by atoms with Crippen molar-refractivity contribution in [3.63, 3.8) is 0 Å². The highest BCUT2D eigenvalue weighted by Gasteiger charge is 2.11. The summed E-state index contributed by atoms with van der Waals surface area (Å²) in [6, 6.07) is 0.714. The van der Waals surface area contributed by atoms with Crippen LogP contribution in [0.3, 0.4) is 0 Å². The minimum Gasteiger partial charge on any atom is -0.394 e. The summed E-state index contributed by atoms with van der Waals surface area (Å²) in [6.45, 7) is 2.40. The fraction of sp³-hybridized carbons (Fsp3) is 1.00. The summed E-state index contributed by atoms with van der Waals surface area (Å²) >= 11 is 2.05. The van der Waals surface area contributed by atoms with Crippen molar-refractivity contribution < 1.29 is 9.84 Å². The lowest BCUT2D eigenvalue weighted by molar-refractivity contribution is 0.0904. The van der Waals surface area contributed by atoms with Gasteiger partial charge in [-0.2, -0.15) is 11.8 Å². The molecule has 1 atom stereocenters. The standard InChI is InChI=1S/C10H21NO2S/c12-5-7-13-6-2-4-11-10-3-1-8-14-9-10/h10-12H,1-9H2. The minimum atomic E-state index is 0.132. The van der Waals surface area contributed by atoms with Crippen LogP contribution in [0.25, 0.3) is 0 Å². The zero-order valence-electron chi connectivity index (χ0n) is 8.71. The number of ether oxygens (including phenoxy) is 1.